The van der Waals surface area contributed by atoms with E-state index < -0.39 is 4.92 Å². The van der Waals surface area contributed by atoms with Crippen LogP contribution in [0, 0.1) is 21.4 Å². The van der Waals surface area contributed by atoms with E-state index in [1.54, 1.807) is 30.3 Å². The highest BCUT2D eigenvalue weighted by Crippen LogP contribution is 2.38. The number of fused-ring (bicyclic) bond motifs is 1. The standard InChI is InChI=1S/C23H14Cl2N4O3/c1-32-22-10-21(18(24)9-19(22)25)28-23-15(11-26)12-27-20-8-14(5-6-17(20)23)13-3-2-4-16(7-13)29(30)31/h2-10,12H,1H3,(H,27,28). The van der Waals surface area contributed by atoms with Crippen molar-refractivity contribution in [3.63, 3.8) is 0 Å². The van der Waals surface area contributed by atoms with Crippen molar-refractivity contribution in [2.24, 2.45) is 0 Å². The smallest absolute Gasteiger partial charge is 0.270 e. The van der Waals surface area contributed by atoms with Crippen molar-refractivity contribution in [1.29, 1.82) is 5.26 Å². The minimum Gasteiger partial charge on any atom is -0.495 e. The molecule has 158 valence electrons. The molecule has 3 aromatic carbocycles. The number of hydrogen-bond acceptors (Lipinski definition) is 6. The molecule has 0 saturated carbocycles. The zero-order valence-corrected chi connectivity index (χ0v) is 18.1. The first-order valence-electron chi connectivity index (χ1n) is 9.29. The first-order valence-corrected chi connectivity index (χ1v) is 10.0. The quantitative estimate of drug-likeness (QED) is 0.259. The number of halogens is 2. The average Bonchev–Trinajstić information content (AvgIpc) is 2.80. The Morgan fingerprint density at radius 1 is 1.09 bits per heavy atom. The van der Waals surface area contributed by atoms with Gasteiger partial charge in [-0.3, -0.25) is 15.1 Å². The fraction of sp³-hybridized carbons (Fsp3) is 0.0435. The number of nitro groups is 1. The molecule has 9 heteroatoms. The highest BCUT2D eigenvalue weighted by atomic mass is 35.5. The number of nitrogens with one attached hydrogen (secondary N) is 1. The number of nitrogens with zero attached hydrogens (tertiary/aromatic N) is 3. The second-order valence-corrected chi connectivity index (χ2v) is 7.60. The summed E-state index contributed by atoms with van der Waals surface area (Å²) >= 11 is 12.5. The second-order valence-electron chi connectivity index (χ2n) is 6.79. The number of non-ortho nitro benzene ring substituents is 1. The molecule has 1 heterocycles. The lowest BCUT2D eigenvalue weighted by Crippen LogP contribution is -1.98. The Labute approximate surface area is 192 Å². The largest absolute Gasteiger partial charge is 0.495 e. The van der Waals surface area contributed by atoms with Crippen LogP contribution in [0.3, 0.4) is 0 Å². The molecular formula is C23H14Cl2N4O3. The SMILES string of the molecule is COc1cc(Nc2c(C#N)cnc3cc(-c4cccc([N+](=O)[O-])c4)ccc23)c(Cl)cc1Cl. The summed E-state index contributed by atoms with van der Waals surface area (Å²) in [6.45, 7) is 0. The number of nitro benzene ring substituents is 1. The summed E-state index contributed by atoms with van der Waals surface area (Å²) in [6.07, 6.45) is 1.46. The summed E-state index contributed by atoms with van der Waals surface area (Å²) < 4.78 is 5.26. The molecule has 0 aliphatic heterocycles. The van der Waals surface area contributed by atoms with Gasteiger partial charge in [-0.1, -0.05) is 47.5 Å². The van der Waals surface area contributed by atoms with E-state index in [-0.39, 0.29) is 5.69 Å². The molecule has 0 bridgehead atoms. The number of ether oxygens (including phenoxy) is 1. The van der Waals surface area contributed by atoms with E-state index >= 15 is 0 Å². The summed E-state index contributed by atoms with van der Waals surface area (Å²) in [6, 6.07) is 17.1. The summed E-state index contributed by atoms with van der Waals surface area (Å²) in [7, 11) is 1.50. The molecule has 4 rings (SSSR count). The van der Waals surface area contributed by atoms with Gasteiger partial charge in [0.05, 0.1) is 44.5 Å². The monoisotopic (exact) mass is 464 g/mol. The van der Waals surface area contributed by atoms with E-state index in [4.69, 9.17) is 27.9 Å². The van der Waals surface area contributed by atoms with Crippen LogP contribution < -0.4 is 10.1 Å². The lowest BCUT2D eigenvalue weighted by molar-refractivity contribution is -0.384. The number of rotatable bonds is 5. The summed E-state index contributed by atoms with van der Waals surface area (Å²) in [5.41, 5.74) is 3.42. The van der Waals surface area contributed by atoms with E-state index in [0.717, 1.165) is 5.56 Å². The molecule has 1 N–H and O–H groups in total. The third-order valence-electron chi connectivity index (χ3n) is 4.88. The third kappa shape index (κ3) is 4.02. The Hall–Kier alpha value is -3.86. The second kappa shape index (κ2) is 8.71. The first-order chi connectivity index (χ1) is 15.4. The zero-order valence-electron chi connectivity index (χ0n) is 16.6. The van der Waals surface area contributed by atoms with Crippen LogP contribution in [0.1, 0.15) is 5.56 Å². The van der Waals surface area contributed by atoms with Crippen LogP contribution in [0.4, 0.5) is 17.1 Å². The van der Waals surface area contributed by atoms with Gasteiger partial charge in [-0.05, 0) is 23.3 Å². The van der Waals surface area contributed by atoms with Crippen molar-refractivity contribution in [1.82, 2.24) is 4.98 Å². The molecule has 0 atom stereocenters. The number of pyridine rings is 1. The lowest BCUT2D eigenvalue weighted by atomic mass is 10.0. The Balaban J connectivity index is 1.83. The molecule has 0 spiro atoms. The Morgan fingerprint density at radius 2 is 1.88 bits per heavy atom. The van der Waals surface area contributed by atoms with Gasteiger partial charge in [0, 0.05) is 29.8 Å². The number of hydrogen-bond donors (Lipinski definition) is 1. The molecule has 1 aromatic heterocycles. The van der Waals surface area contributed by atoms with Crippen molar-refractivity contribution in [3.05, 3.63) is 86.5 Å². The molecule has 32 heavy (non-hydrogen) atoms. The minimum atomic E-state index is -0.436. The summed E-state index contributed by atoms with van der Waals surface area (Å²) in [4.78, 5) is 15.1. The fourth-order valence-corrected chi connectivity index (χ4v) is 3.82. The molecule has 4 aromatic rings. The molecule has 0 unspecified atom stereocenters. The summed E-state index contributed by atoms with van der Waals surface area (Å²) in [5.74, 6) is 0.434. The molecule has 0 aliphatic carbocycles. The van der Waals surface area contributed by atoms with Crippen molar-refractivity contribution in [2.75, 3.05) is 12.4 Å². The molecule has 0 saturated heterocycles. The highest BCUT2D eigenvalue weighted by molar-refractivity contribution is 6.37. The maximum atomic E-state index is 11.1. The zero-order chi connectivity index (χ0) is 22.8. The number of methoxy groups -OCH3 is 1. The van der Waals surface area contributed by atoms with E-state index in [0.29, 0.717) is 49.2 Å². The van der Waals surface area contributed by atoms with Crippen LogP contribution >= 0.6 is 23.2 Å². The Bertz CT molecular complexity index is 1420. The Morgan fingerprint density at radius 3 is 2.59 bits per heavy atom. The minimum absolute atomic E-state index is 0.00377. The van der Waals surface area contributed by atoms with Crippen LogP contribution in [-0.4, -0.2) is 17.0 Å². The lowest BCUT2D eigenvalue weighted by Gasteiger charge is -2.15. The number of anilines is 2. The van der Waals surface area contributed by atoms with Crippen LogP contribution in [0.2, 0.25) is 10.0 Å². The maximum Gasteiger partial charge on any atom is 0.270 e. The number of benzene rings is 3. The molecule has 0 fully saturated rings. The van der Waals surface area contributed by atoms with E-state index in [9.17, 15) is 15.4 Å². The van der Waals surface area contributed by atoms with E-state index in [2.05, 4.69) is 16.4 Å². The predicted octanol–water partition coefficient (Wildman–Crippen LogP) is 6.74. The number of aromatic nitrogens is 1. The van der Waals surface area contributed by atoms with Crippen LogP contribution in [0.5, 0.6) is 5.75 Å². The van der Waals surface area contributed by atoms with Crippen molar-refractivity contribution >= 4 is 51.2 Å². The summed E-state index contributed by atoms with van der Waals surface area (Å²) in [5, 5.41) is 25.3. The van der Waals surface area contributed by atoms with Gasteiger partial charge in [0.1, 0.15) is 11.8 Å². The van der Waals surface area contributed by atoms with Gasteiger partial charge in [-0.25, -0.2) is 0 Å². The normalized spacial score (nSPS) is 10.6. The predicted molar refractivity (Wildman–Crippen MR) is 125 cm³/mol. The third-order valence-corrected chi connectivity index (χ3v) is 5.49. The van der Waals surface area contributed by atoms with Gasteiger partial charge >= 0.3 is 0 Å². The van der Waals surface area contributed by atoms with Crippen LogP contribution in [-0.2, 0) is 0 Å². The maximum absolute atomic E-state index is 11.1. The molecule has 0 aliphatic rings. The van der Waals surface area contributed by atoms with E-state index in [1.165, 1.54) is 25.4 Å². The average molecular weight is 465 g/mol. The van der Waals surface area contributed by atoms with Gasteiger partial charge in [0.2, 0.25) is 0 Å². The molecule has 7 nitrogen and oxygen atoms in total. The van der Waals surface area contributed by atoms with Crippen LogP contribution in [0.15, 0.2) is 60.8 Å². The van der Waals surface area contributed by atoms with Crippen LogP contribution in [0.25, 0.3) is 22.0 Å². The van der Waals surface area contributed by atoms with Gasteiger partial charge < -0.3 is 10.1 Å². The molecule has 0 amide bonds. The van der Waals surface area contributed by atoms with Crippen molar-refractivity contribution in [3.8, 4) is 22.9 Å². The Kier molecular flexibility index (Phi) is 5.82. The van der Waals surface area contributed by atoms with E-state index in [1.807, 2.05) is 12.1 Å². The van der Waals surface area contributed by atoms with Gasteiger partial charge in [0.25, 0.3) is 5.69 Å². The molecule has 0 radical (unpaired) electrons. The van der Waals surface area contributed by atoms with Gasteiger partial charge in [0.15, 0.2) is 0 Å². The highest BCUT2D eigenvalue weighted by Gasteiger charge is 2.15. The van der Waals surface area contributed by atoms with Crippen molar-refractivity contribution < 1.29 is 9.66 Å². The topological polar surface area (TPSA) is 101 Å². The van der Waals surface area contributed by atoms with Crippen molar-refractivity contribution in [2.45, 2.75) is 0 Å². The first kappa shape index (κ1) is 21.4. The van der Waals surface area contributed by atoms with Gasteiger partial charge in [-0.15, -0.1) is 0 Å². The van der Waals surface area contributed by atoms with Gasteiger partial charge in [-0.2, -0.15) is 5.26 Å². The number of nitriles is 1. The fourth-order valence-electron chi connectivity index (χ4n) is 3.31. The molecular weight excluding hydrogens is 451 g/mol.